The number of benzene rings is 2. The van der Waals surface area contributed by atoms with Crippen LogP contribution in [0.3, 0.4) is 0 Å². The topological polar surface area (TPSA) is 61.6 Å². The Hall–Kier alpha value is -2.86. The zero-order chi connectivity index (χ0) is 20.5. The van der Waals surface area contributed by atoms with Crippen molar-refractivity contribution in [1.82, 2.24) is 10.1 Å². The predicted octanol–water partition coefficient (Wildman–Crippen LogP) is 4.03. The SMILES string of the molecule is CC1CC(=O)Nc2ccc(CCCN3CCN(c4noc5ccccc45)CC3)cc21. The molecule has 6 nitrogen and oxygen atoms in total. The fourth-order valence-electron chi connectivity index (χ4n) is 4.67. The molecule has 0 radical (unpaired) electrons. The standard InChI is InChI=1S/C24H28N4O2/c1-17-15-23(29)25-21-9-8-18(16-20(17)21)5-4-10-27-11-13-28(14-12-27)24-19-6-2-3-7-22(19)30-26-24/h2-3,6-9,16-17H,4-5,10-15H2,1H3,(H,25,29). The Labute approximate surface area is 176 Å². The first kappa shape index (κ1) is 19.1. The minimum atomic E-state index is 0.125. The van der Waals surface area contributed by atoms with Crippen molar-refractivity contribution < 1.29 is 9.32 Å². The van der Waals surface area contributed by atoms with Gasteiger partial charge in [-0.15, -0.1) is 0 Å². The molecule has 1 amide bonds. The second-order valence-electron chi connectivity index (χ2n) is 8.51. The van der Waals surface area contributed by atoms with Crippen LogP contribution in [-0.4, -0.2) is 48.7 Å². The Morgan fingerprint density at radius 3 is 2.83 bits per heavy atom. The first-order valence-electron chi connectivity index (χ1n) is 10.9. The third-order valence-electron chi connectivity index (χ3n) is 6.38. The summed E-state index contributed by atoms with van der Waals surface area (Å²) in [5.74, 6) is 1.40. The molecule has 1 fully saturated rings. The van der Waals surface area contributed by atoms with E-state index in [1.165, 1.54) is 11.1 Å². The Bertz CT molecular complexity index is 1050. The molecule has 2 aromatic carbocycles. The zero-order valence-electron chi connectivity index (χ0n) is 17.4. The van der Waals surface area contributed by atoms with E-state index in [4.69, 9.17) is 4.52 Å². The minimum Gasteiger partial charge on any atom is -0.354 e. The van der Waals surface area contributed by atoms with Gasteiger partial charge in [-0.05, 0) is 54.6 Å². The summed E-state index contributed by atoms with van der Waals surface area (Å²) >= 11 is 0. The number of carbonyl (C=O) groups excluding carboxylic acids is 1. The summed E-state index contributed by atoms with van der Waals surface area (Å²) in [5, 5.41) is 8.39. The Balaban J connectivity index is 1.13. The summed E-state index contributed by atoms with van der Waals surface area (Å²) in [4.78, 5) is 16.6. The highest BCUT2D eigenvalue weighted by atomic mass is 16.5. The van der Waals surface area contributed by atoms with Crippen LogP contribution in [0.4, 0.5) is 11.5 Å². The average Bonchev–Trinajstić information content (AvgIpc) is 3.19. The van der Waals surface area contributed by atoms with E-state index in [0.717, 1.165) is 68.0 Å². The molecule has 2 aliphatic rings. The molecule has 1 atom stereocenters. The van der Waals surface area contributed by atoms with Crippen molar-refractivity contribution in [1.29, 1.82) is 0 Å². The molecule has 0 aliphatic carbocycles. The molecular formula is C24H28N4O2. The van der Waals surface area contributed by atoms with Crippen LogP contribution in [0.2, 0.25) is 0 Å². The van der Waals surface area contributed by atoms with Gasteiger partial charge in [0.1, 0.15) is 0 Å². The van der Waals surface area contributed by atoms with E-state index in [9.17, 15) is 4.79 Å². The quantitative estimate of drug-likeness (QED) is 0.696. The second-order valence-corrected chi connectivity index (χ2v) is 8.51. The van der Waals surface area contributed by atoms with E-state index >= 15 is 0 Å². The van der Waals surface area contributed by atoms with E-state index in [1.807, 2.05) is 18.2 Å². The van der Waals surface area contributed by atoms with Gasteiger partial charge < -0.3 is 14.7 Å². The molecule has 1 aromatic heterocycles. The monoisotopic (exact) mass is 404 g/mol. The summed E-state index contributed by atoms with van der Waals surface area (Å²) in [6.45, 7) is 7.30. The average molecular weight is 405 g/mol. The normalized spacial score (nSPS) is 19.7. The number of rotatable bonds is 5. The number of amides is 1. The lowest BCUT2D eigenvalue weighted by atomic mass is 9.90. The van der Waals surface area contributed by atoms with Gasteiger partial charge in [0.05, 0.1) is 5.39 Å². The van der Waals surface area contributed by atoms with Crippen LogP contribution in [0.1, 0.15) is 36.8 Å². The van der Waals surface area contributed by atoms with Crippen LogP contribution >= 0.6 is 0 Å². The summed E-state index contributed by atoms with van der Waals surface area (Å²) in [6, 6.07) is 14.6. The largest absolute Gasteiger partial charge is 0.354 e. The van der Waals surface area contributed by atoms with Gasteiger partial charge in [0.25, 0.3) is 0 Å². The van der Waals surface area contributed by atoms with Gasteiger partial charge in [-0.1, -0.05) is 36.3 Å². The first-order valence-corrected chi connectivity index (χ1v) is 10.9. The number of aryl methyl sites for hydroxylation is 1. The zero-order valence-corrected chi connectivity index (χ0v) is 17.4. The molecule has 5 rings (SSSR count). The number of piperazine rings is 1. The van der Waals surface area contributed by atoms with Crippen molar-refractivity contribution >= 4 is 28.4 Å². The molecule has 3 heterocycles. The van der Waals surface area contributed by atoms with Crippen molar-refractivity contribution in [3.05, 3.63) is 53.6 Å². The predicted molar refractivity (Wildman–Crippen MR) is 119 cm³/mol. The molecule has 1 saturated heterocycles. The minimum absolute atomic E-state index is 0.125. The number of nitrogens with one attached hydrogen (secondary N) is 1. The molecule has 3 aromatic rings. The third kappa shape index (κ3) is 3.79. The molecule has 2 aliphatic heterocycles. The molecule has 0 spiro atoms. The second kappa shape index (κ2) is 8.11. The van der Waals surface area contributed by atoms with E-state index in [2.05, 4.69) is 51.5 Å². The van der Waals surface area contributed by atoms with Gasteiger partial charge in [-0.3, -0.25) is 9.69 Å². The van der Waals surface area contributed by atoms with Crippen molar-refractivity contribution in [2.45, 2.75) is 32.1 Å². The van der Waals surface area contributed by atoms with Crippen molar-refractivity contribution in [3.63, 3.8) is 0 Å². The maximum Gasteiger partial charge on any atom is 0.224 e. The number of hydrogen-bond donors (Lipinski definition) is 1. The molecule has 1 unspecified atom stereocenters. The molecule has 6 heteroatoms. The molecule has 1 N–H and O–H groups in total. The van der Waals surface area contributed by atoms with Gasteiger partial charge in [0.15, 0.2) is 11.4 Å². The van der Waals surface area contributed by atoms with E-state index in [1.54, 1.807) is 0 Å². The summed E-state index contributed by atoms with van der Waals surface area (Å²) in [5.41, 5.74) is 4.48. The van der Waals surface area contributed by atoms with Crippen LogP contribution < -0.4 is 10.2 Å². The molecule has 0 bridgehead atoms. The lowest BCUT2D eigenvalue weighted by molar-refractivity contribution is -0.116. The highest BCUT2D eigenvalue weighted by molar-refractivity contribution is 5.94. The van der Waals surface area contributed by atoms with Crippen LogP contribution in [0.25, 0.3) is 11.0 Å². The number of hydrogen-bond acceptors (Lipinski definition) is 5. The molecular weight excluding hydrogens is 376 g/mol. The fraction of sp³-hybridized carbons (Fsp3) is 0.417. The van der Waals surface area contributed by atoms with Gasteiger partial charge in [0.2, 0.25) is 5.91 Å². The highest BCUT2D eigenvalue weighted by Crippen LogP contribution is 2.32. The number of nitrogens with zero attached hydrogens (tertiary/aromatic N) is 3. The number of aromatic nitrogens is 1. The van der Waals surface area contributed by atoms with Crippen LogP contribution in [0, 0.1) is 0 Å². The maximum absolute atomic E-state index is 11.7. The Kier molecular flexibility index (Phi) is 5.17. The number of carbonyl (C=O) groups is 1. The Morgan fingerprint density at radius 1 is 1.13 bits per heavy atom. The lowest BCUT2D eigenvalue weighted by Crippen LogP contribution is -2.46. The third-order valence-corrected chi connectivity index (χ3v) is 6.38. The van der Waals surface area contributed by atoms with Gasteiger partial charge >= 0.3 is 0 Å². The van der Waals surface area contributed by atoms with Crippen LogP contribution in [0.15, 0.2) is 47.0 Å². The smallest absolute Gasteiger partial charge is 0.224 e. The van der Waals surface area contributed by atoms with Crippen molar-refractivity contribution in [2.75, 3.05) is 42.9 Å². The van der Waals surface area contributed by atoms with Gasteiger partial charge in [-0.25, -0.2) is 0 Å². The fourth-order valence-corrected chi connectivity index (χ4v) is 4.67. The molecule has 30 heavy (non-hydrogen) atoms. The van der Waals surface area contributed by atoms with Crippen molar-refractivity contribution in [3.8, 4) is 0 Å². The van der Waals surface area contributed by atoms with Crippen LogP contribution in [0.5, 0.6) is 0 Å². The van der Waals surface area contributed by atoms with E-state index in [-0.39, 0.29) is 5.91 Å². The van der Waals surface area contributed by atoms with Gasteiger partial charge in [0, 0.05) is 38.3 Å². The lowest BCUT2D eigenvalue weighted by Gasteiger charge is -2.34. The Morgan fingerprint density at radius 2 is 1.97 bits per heavy atom. The van der Waals surface area contributed by atoms with E-state index < -0.39 is 0 Å². The summed E-state index contributed by atoms with van der Waals surface area (Å²) in [6.07, 6.45) is 2.80. The summed E-state index contributed by atoms with van der Waals surface area (Å²) < 4.78 is 5.47. The van der Waals surface area contributed by atoms with E-state index in [0.29, 0.717) is 12.3 Å². The molecule has 0 saturated carbocycles. The first-order chi connectivity index (χ1) is 14.7. The maximum atomic E-state index is 11.7. The van der Waals surface area contributed by atoms with Crippen molar-refractivity contribution in [2.24, 2.45) is 0 Å². The highest BCUT2D eigenvalue weighted by Gasteiger charge is 2.23. The number of anilines is 2. The summed E-state index contributed by atoms with van der Waals surface area (Å²) in [7, 11) is 0. The molecule has 156 valence electrons. The van der Waals surface area contributed by atoms with Crippen LogP contribution in [-0.2, 0) is 11.2 Å². The number of fused-ring (bicyclic) bond motifs is 2. The number of para-hydroxylation sites is 1. The van der Waals surface area contributed by atoms with Gasteiger partial charge in [-0.2, -0.15) is 0 Å².